The lowest BCUT2D eigenvalue weighted by atomic mass is 10.2. The number of aliphatic hydroxyl groups excluding tert-OH is 1. The van der Waals surface area contributed by atoms with Gasteiger partial charge >= 0.3 is 5.97 Å². The summed E-state index contributed by atoms with van der Waals surface area (Å²) in [5.41, 5.74) is 0.465. The zero-order valence-electron chi connectivity index (χ0n) is 12.1. The number of ether oxygens (including phenoxy) is 1. The first-order valence-electron chi connectivity index (χ1n) is 6.56. The third-order valence-electron chi connectivity index (χ3n) is 3.28. The predicted octanol–water partition coefficient (Wildman–Crippen LogP) is 1.43. The lowest BCUT2D eigenvalue weighted by Gasteiger charge is -2.16. The lowest BCUT2D eigenvalue weighted by molar-refractivity contribution is -0.136. The maximum atomic E-state index is 12.4. The second kappa shape index (κ2) is 7.49. The first-order valence-corrected chi connectivity index (χ1v) is 8.43. The lowest BCUT2D eigenvalue weighted by Crippen LogP contribution is -2.31. The van der Waals surface area contributed by atoms with Gasteiger partial charge in [-0.25, -0.2) is 4.79 Å². The Morgan fingerprint density at radius 2 is 2.22 bits per heavy atom. The van der Waals surface area contributed by atoms with Crippen molar-refractivity contribution in [3.63, 3.8) is 0 Å². The Morgan fingerprint density at radius 1 is 1.52 bits per heavy atom. The third kappa shape index (κ3) is 3.61. The Hall–Kier alpha value is -1.33. The average Bonchev–Trinajstić information content (AvgIpc) is 2.84. The van der Waals surface area contributed by atoms with Crippen LogP contribution >= 0.6 is 38.5 Å². The molecule has 0 fully saturated rings. The molecule has 0 aliphatic carbocycles. The van der Waals surface area contributed by atoms with E-state index in [9.17, 15) is 14.7 Å². The van der Waals surface area contributed by atoms with Crippen LogP contribution in [0.25, 0.3) is 0 Å². The highest BCUT2D eigenvalue weighted by Crippen LogP contribution is 2.37. The number of nitrogens with one attached hydrogen (secondary N) is 1. The molecule has 0 unspecified atom stereocenters. The number of halogens is 2. The number of amides is 1. The fourth-order valence-corrected chi connectivity index (χ4v) is 3.00. The van der Waals surface area contributed by atoms with Crippen LogP contribution in [0.3, 0.4) is 0 Å². The molecule has 0 atom stereocenters. The number of β-amino-alcohol motifs (C(OH)–C–C–N with tert-alkyl or cyclic N) is 1. The highest BCUT2D eigenvalue weighted by atomic mass is 127. The van der Waals surface area contributed by atoms with Crippen LogP contribution in [-0.2, 0) is 14.3 Å². The molecule has 124 valence electrons. The van der Waals surface area contributed by atoms with Crippen molar-refractivity contribution in [1.29, 1.82) is 0 Å². The molecule has 2 rings (SSSR count). The number of esters is 1. The molecular formula is C14H14BrIN2O5. The summed E-state index contributed by atoms with van der Waals surface area (Å²) < 4.78 is 5.84. The first kappa shape index (κ1) is 18.0. The summed E-state index contributed by atoms with van der Waals surface area (Å²) in [5, 5.41) is 22.0. The van der Waals surface area contributed by atoms with Gasteiger partial charge in [-0.2, -0.15) is 0 Å². The largest absolute Gasteiger partial charge is 0.505 e. The number of hydrogen-bond donors (Lipinski definition) is 3. The van der Waals surface area contributed by atoms with Crippen LogP contribution in [0.2, 0.25) is 0 Å². The highest BCUT2D eigenvalue weighted by molar-refractivity contribution is 14.1. The Kier molecular flexibility index (Phi) is 5.87. The molecule has 0 spiro atoms. The van der Waals surface area contributed by atoms with E-state index < -0.39 is 11.9 Å². The fraction of sp³-hybridized carbons (Fsp3) is 0.286. The molecule has 9 heteroatoms. The van der Waals surface area contributed by atoms with Gasteiger partial charge < -0.3 is 25.2 Å². The second-order valence-electron chi connectivity index (χ2n) is 4.67. The number of aliphatic hydroxyl groups is 1. The van der Waals surface area contributed by atoms with Crippen LogP contribution in [0.15, 0.2) is 27.9 Å². The number of benzene rings is 1. The van der Waals surface area contributed by atoms with Crippen molar-refractivity contribution >= 4 is 56.1 Å². The highest BCUT2D eigenvalue weighted by Gasteiger charge is 2.35. The van der Waals surface area contributed by atoms with Gasteiger partial charge in [0.2, 0.25) is 0 Å². The van der Waals surface area contributed by atoms with E-state index >= 15 is 0 Å². The Labute approximate surface area is 154 Å². The number of nitrogens with zero attached hydrogens (tertiary/aromatic N) is 1. The van der Waals surface area contributed by atoms with Crippen LogP contribution in [-0.4, -0.2) is 53.8 Å². The minimum absolute atomic E-state index is 0.0308. The number of anilines is 1. The number of methoxy groups -OCH3 is 1. The van der Waals surface area contributed by atoms with E-state index in [-0.39, 0.29) is 42.4 Å². The normalized spacial score (nSPS) is 14.4. The zero-order valence-corrected chi connectivity index (χ0v) is 15.8. The number of phenols is 1. The Morgan fingerprint density at radius 3 is 2.83 bits per heavy atom. The summed E-state index contributed by atoms with van der Waals surface area (Å²) in [7, 11) is 1.23. The molecule has 1 aromatic rings. The van der Waals surface area contributed by atoms with Crippen molar-refractivity contribution in [2.24, 2.45) is 0 Å². The van der Waals surface area contributed by atoms with Crippen LogP contribution in [0.1, 0.15) is 0 Å². The maximum absolute atomic E-state index is 12.4. The van der Waals surface area contributed by atoms with Gasteiger partial charge in [-0.05, 0) is 50.7 Å². The smallest absolute Gasteiger partial charge is 0.337 e. The van der Waals surface area contributed by atoms with E-state index in [0.29, 0.717) is 8.04 Å². The van der Waals surface area contributed by atoms with Crippen molar-refractivity contribution in [1.82, 2.24) is 4.90 Å². The quantitative estimate of drug-likeness (QED) is 0.324. The van der Waals surface area contributed by atoms with Gasteiger partial charge in [0.15, 0.2) is 5.75 Å². The molecule has 0 saturated heterocycles. The van der Waals surface area contributed by atoms with E-state index in [2.05, 4.69) is 21.2 Å². The summed E-state index contributed by atoms with van der Waals surface area (Å²) in [6.45, 7) is -0.0770. The molecule has 0 radical (unpaired) electrons. The van der Waals surface area contributed by atoms with Crippen LogP contribution in [0.4, 0.5) is 5.69 Å². The van der Waals surface area contributed by atoms with Crippen LogP contribution in [0, 0.1) is 3.57 Å². The van der Waals surface area contributed by atoms with Gasteiger partial charge in [-0.1, -0.05) is 0 Å². The molecule has 1 aliphatic rings. The van der Waals surface area contributed by atoms with Crippen molar-refractivity contribution < 1.29 is 24.5 Å². The van der Waals surface area contributed by atoms with Gasteiger partial charge in [0.25, 0.3) is 5.91 Å². The maximum Gasteiger partial charge on any atom is 0.337 e. The second-order valence-corrected chi connectivity index (χ2v) is 6.69. The Balaban J connectivity index is 2.43. The predicted molar refractivity (Wildman–Crippen MR) is 94.9 cm³/mol. The summed E-state index contributed by atoms with van der Waals surface area (Å²) in [6, 6.07) is 3.42. The van der Waals surface area contributed by atoms with Crippen LogP contribution < -0.4 is 5.32 Å². The Bertz CT molecular complexity index is 692. The van der Waals surface area contributed by atoms with Crippen molar-refractivity contribution in [3.8, 4) is 5.75 Å². The fourth-order valence-electron chi connectivity index (χ4n) is 2.13. The van der Waals surface area contributed by atoms with Crippen LogP contribution in [0.5, 0.6) is 5.75 Å². The van der Waals surface area contributed by atoms with Crippen molar-refractivity contribution in [3.05, 3.63) is 31.4 Å². The number of carbonyl (C=O) groups is 2. The first-order chi connectivity index (χ1) is 10.9. The molecule has 3 N–H and O–H groups in total. The number of aromatic hydroxyl groups is 1. The number of phenolic OH excluding ortho intramolecular Hbond substituents is 1. The topological polar surface area (TPSA) is 99.1 Å². The summed E-state index contributed by atoms with van der Waals surface area (Å²) in [4.78, 5) is 25.7. The van der Waals surface area contributed by atoms with Gasteiger partial charge in [-0.3, -0.25) is 4.79 Å². The molecule has 1 aromatic carbocycles. The van der Waals surface area contributed by atoms with E-state index in [0.717, 1.165) is 0 Å². The minimum Gasteiger partial charge on any atom is -0.505 e. The molecule has 1 aliphatic heterocycles. The number of rotatable bonds is 5. The van der Waals surface area contributed by atoms with Gasteiger partial charge in [0, 0.05) is 11.0 Å². The average molecular weight is 497 g/mol. The molecule has 0 saturated carbocycles. The zero-order chi connectivity index (χ0) is 17.1. The summed E-state index contributed by atoms with van der Waals surface area (Å²) >= 11 is 5.25. The molecule has 0 aromatic heterocycles. The number of carbonyl (C=O) groups excluding carboxylic acids is 2. The SMILES string of the molecule is COC(=O)C1=C(Nc2c(Br)ccc(I)c2O)C(=O)N(CCO)C1. The van der Waals surface area contributed by atoms with Gasteiger partial charge in [-0.15, -0.1) is 0 Å². The summed E-state index contributed by atoms with van der Waals surface area (Å²) in [6.07, 6.45) is 0. The molecule has 0 bridgehead atoms. The third-order valence-corrected chi connectivity index (χ3v) is 4.81. The van der Waals surface area contributed by atoms with E-state index in [1.54, 1.807) is 12.1 Å². The van der Waals surface area contributed by atoms with Gasteiger partial charge in [0.05, 0.1) is 35.1 Å². The van der Waals surface area contributed by atoms with Crippen molar-refractivity contribution in [2.75, 3.05) is 32.1 Å². The minimum atomic E-state index is -0.637. The van der Waals surface area contributed by atoms with Crippen molar-refractivity contribution in [2.45, 2.75) is 0 Å². The monoisotopic (exact) mass is 496 g/mol. The standard InChI is InChI=1S/C14H14BrIN2O5/c1-23-14(22)7-6-18(4-5-19)13(21)10(7)17-11-8(15)2-3-9(16)12(11)20/h2-3,17,19-20H,4-6H2,1H3. The van der Waals surface area contributed by atoms with E-state index in [4.69, 9.17) is 9.84 Å². The van der Waals surface area contributed by atoms with Gasteiger partial charge in [0.1, 0.15) is 5.70 Å². The summed E-state index contributed by atoms with van der Waals surface area (Å²) in [5.74, 6) is -1.11. The van der Waals surface area contributed by atoms with E-state index in [1.165, 1.54) is 12.0 Å². The molecule has 7 nitrogen and oxygen atoms in total. The number of hydrogen-bond acceptors (Lipinski definition) is 6. The van der Waals surface area contributed by atoms with E-state index in [1.807, 2.05) is 22.6 Å². The molecule has 1 heterocycles. The molecule has 23 heavy (non-hydrogen) atoms. The molecular weight excluding hydrogens is 483 g/mol. The molecule has 1 amide bonds.